The van der Waals surface area contributed by atoms with Crippen molar-refractivity contribution >= 4 is 18.1 Å². The SMILES string of the molecule is [3H]C(=O)CN(CCNC(=O)CN(CCNC)C(=O)CC)C(=C)CC. The fourth-order valence-corrected chi connectivity index (χ4v) is 1.97. The molecule has 0 fully saturated rings. The number of hydrogen-bond acceptors (Lipinski definition) is 5. The third kappa shape index (κ3) is 8.97. The average Bonchev–Trinajstić information content (AvgIpc) is 2.55. The highest BCUT2D eigenvalue weighted by Gasteiger charge is 2.15. The summed E-state index contributed by atoms with van der Waals surface area (Å²) in [7, 11) is 1.79. The van der Waals surface area contributed by atoms with Crippen LogP contribution in [0.2, 0.25) is 0 Å². The van der Waals surface area contributed by atoms with E-state index in [0.29, 0.717) is 39.0 Å². The summed E-state index contributed by atoms with van der Waals surface area (Å²) in [4.78, 5) is 38.0. The molecule has 23 heavy (non-hydrogen) atoms. The molecule has 7 heteroatoms. The lowest BCUT2D eigenvalue weighted by atomic mass is 10.3. The van der Waals surface area contributed by atoms with Crippen LogP contribution in [-0.4, -0.2) is 74.2 Å². The van der Waals surface area contributed by atoms with E-state index in [1.807, 2.05) is 6.92 Å². The summed E-state index contributed by atoms with van der Waals surface area (Å²) in [6.45, 7) is 9.34. The Morgan fingerprint density at radius 1 is 1.17 bits per heavy atom. The second kappa shape index (κ2) is 12.6. The molecule has 0 aliphatic heterocycles. The molecule has 0 aromatic carbocycles. The normalized spacial score (nSPS) is 10.7. The first-order chi connectivity index (χ1) is 11.3. The number of amides is 2. The van der Waals surface area contributed by atoms with Crippen molar-refractivity contribution in [2.24, 2.45) is 0 Å². The molecule has 0 unspecified atom stereocenters. The van der Waals surface area contributed by atoms with Gasteiger partial charge < -0.3 is 25.2 Å². The maximum atomic E-state index is 12.0. The Kier molecular flexibility index (Phi) is 10.5. The fourth-order valence-electron chi connectivity index (χ4n) is 1.97. The molecule has 0 spiro atoms. The van der Waals surface area contributed by atoms with Gasteiger partial charge in [-0.3, -0.25) is 9.59 Å². The zero-order chi connectivity index (χ0) is 18.5. The molecule has 0 heterocycles. The van der Waals surface area contributed by atoms with Crippen LogP contribution < -0.4 is 10.6 Å². The van der Waals surface area contributed by atoms with Crippen LogP contribution in [0.3, 0.4) is 0 Å². The van der Waals surface area contributed by atoms with E-state index < -0.39 is 6.26 Å². The third-order valence-electron chi connectivity index (χ3n) is 3.44. The minimum absolute atomic E-state index is 0.0143. The summed E-state index contributed by atoms with van der Waals surface area (Å²) in [5, 5.41) is 5.70. The van der Waals surface area contributed by atoms with Crippen molar-refractivity contribution in [3.8, 4) is 0 Å². The van der Waals surface area contributed by atoms with E-state index in [0.717, 1.165) is 5.70 Å². The van der Waals surface area contributed by atoms with Crippen LogP contribution in [0.5, 0.6) is 0 Å². The molecule has 2 N–H and O–H groups in total. The number of rotatable bonds is 13. The molecule has 0 saturated carbocycles. The van der Waals surface area contributed by atoms with Gasteiger partial charge in [-0.05, 0) is 13.5 Å². The first-order valence-corrected chi connectivity index (χ1v) is 7.96. The highest BCUT2D eigenvalue weighted by Crippen LogP contribution is 2.03. The number of aldehydes is 1. The van der Waals surface area contributed by atoms with Gasteiger partial charge in [0.15, 0.2) is 0 Å². The van der Waals surface area contributed by atoms with Crippen molar-refractivity contribution in [2.75, 3.05) is 46.3 Å². The van der Waals surface area contributed by atoms with Crippen LogP contribution in [-0.2, 0) is 14.4 Å². The monoisotopic (exact) mass is 328 g/mol. The minimum atomic E-state index is -0.692. The van der Waals surface area contributed by atoms with Crippen molar-refractivity contribution in [3.63, 3.8) is 0 Å². The standard InChI is InChI=1S/C16H30N4O3/c1-5-14(3)19(11-12-21)10-8-18-15(22)13-20(9-7-17-4)16(23)6-2/h12,17H,3,5-11,13H2,1-2,4H3,(H,18,22)/i12T. The van der Waals surface area contributed by atoms with Gasteiger partial charge >= 0.3 is 0 Å². The molecule has 2 amide bonds. The maximum absolute atomic E-state index is 12.0. The smallest absolute Gasteiger partial charge is 0.239 e. The maximum Gasteiger partial charge on any atom is 0.239 e. The molecule has 0 aromatic heterocycles. The third-order valence-corrected chi connectivity index (χ3v) is 3.44. The quantitative estimate of drug-likeness (QED) is 0.465. The van der Waals surface area contributed by atoms with Crippen LogP contribution in [0.1, 0.15) is 28.1 Å². The van der Waals surface area contributed by atoms with Crippen molar-refractivity contribution in [2.45, 2.75) is 26.7 Å². The summed E-state index contributed by atoms with van der Waals surface area (Å²) in [6, 6.07) is 0. The number of carbonyl (C=O) groups is 3. The van der Waals surface area contributed by atoms with Crippen LogP contribution in [0.25, 0.3) is 0 Å². The Bertz CT molecular complexity index is 443. The lowest BCUT2D eigenvalue weighted by molar-refractivity contribution is -0.135. The Labute approximate surface area is 140 Å². The number of hydrogen-bond donors (Lipinski definition) is 2. The van der Waals surface area contributed by atoms with Gasteiger partial charge in [0.1, 0.15) is 7.63 Å². The molecule has 0 saturated heterocycles. The fraction of sp³-hybridized carbons (Fsp3) is 0.688. The van der Waals surface area contributed by atoms with Crippen molar-refractivity contribution in [1.29, 1.82) is 0 Å². The largest absolute Gasteiger partial charge is 0.367 e. The molecule has 0 radical (unpaired) electrons. The van der Waals surface area contributed by atoms with Crippen LogP contribution in [0.4, 0.5) is 0 Å². The Hall–Kier alpha value is -1.89. The predicted octanol–water partition coefficient (Wildman–Crippen LogP) is -0.0148. The van der Waals surface area contributed by atoms with Crippen molar-refractivity contribution in [1.82, 2.24) is 20.4 Å². The summed E-state index contributed by atoms with van der Waals surface area (Å²) in [5.41, 5.74) is 0.752. The van der Waals surface area contributed by atoms with Gasteiger partial charge in [-0.2, -0.15) is 0 Å². The van der Waals surface area contributed by atoms with E-state index >= 15 is 0 Å². The van der Waals surface area contributed by atoms with Gasteiger partial charge in [-0.15, -0.1) is 0 Å². The van der Waals surface area contributed by atoms with Gasteiger partial charge in [0.05, 0.1) is 13.1 Å². The zero-order valence-corrected chi connectivity index (χ0v) is 14.5. The van der Waals surface area contributed by atoms with Gasteiger partial charge in [0.25, 0.3) is 0 Å². The van der Waals surface area contributed by atoms with Crippen LogP contribution in [0.15, 0.2) is 12.3 Å². The zero-order valence-electron chi connectivity index (χ0n) is 15.5. The Morgan fingerprint density at radius 3 is 2.35 bits per heavy atom. The lowest BCUT2D eigenvalue weighted by Gasteiger charge is -2.25. The topological polar surface area (TPSA) is 81.8 Å². The minimum Gasteiger partial charge on any atom is -0.367 e. The molecular weight excluding hydrogens is 296 g/mol. The van der Waals surface area contributed by atoms with E-state index in [4.69, 9.17) is 1.37 Å². The highest BCUT2D eigenvalue weighted by atomic mass is 16.2. The highest BCUT2D eigenvalue weighted by molar-refractivity contribution is 5.84. The lowest BCUT2D eigenvalue weighted by Crippen LogP contribution is -2.44. The van der Waals surface area contributed by atoms with E-state index in [9.17, 15) is 14.4 Å². The number of likely N-dealkylation sites (N-methyl/N-ethyl adjacent to an activating group) is 1. The summed E-state index contributed by atoms with van der Waals surface area (Å²) < 4.78 is 7.06. The molecular formula is C16H30N4O3. The first-order valence-electron chi connectivity index (χ1n) is 8.46. The van der Waals surface area contributed by atoms with Crippen LogP contribution in [0, 0.1) is 0 Å². The molecule has 0 aliphatic carbocycles. The molecule has 132 valence electrons. The van der Waals surface area contributed by atoms with Crippen molar-refractivity contribution in [3.05, 3.63) is 12.3 Å². The summed E-state index contributed by atoms with van der Waals surface area (Å²) in [6.07, 6.45) is 0.333. The van der Waals surface area contributed by atoms with E-state index in [1.165, 1.54) is 4.90 Å². The summed E-state index contributed by atoms with van der Waals surface area (Å²) in [5.74, 6) is -0.312. The van der Waals surface area contributed by atoms with E-state index in [1.54, 1.807) is 18.9 Å². The van der Waals surface area contributed by atoms with Gasteiger partial charge in [0, 0.05) is 38.3 Å². The number of nitrogens with one attached hydrogen (secondary N) is 2. The molecule has 0 aromatic rings. The predicted molar refractivity (Wildman–Crippen MR) is 90.9 cm³/mol. The molecule has 0 bridgehead atoms. The molecule has 0 rings (SSSR count). The van der Waals surface area contributed by atoms with E-state index in [2.05, 4.69) is 17.2 Å². The van der Waals surface area contributed by atoms with Gasteiger partial charge in [-0.25, -0.2) is 0 Å². The summed E-state index contributed by atoms with van der Waals surface area (Å²) >= 11 is 0. The average molecular weight is 328 g/mol. The van der Waals surface area contributed by atoms with Crippen LogP contribution >= 0.6 is 0 Å². The van der Waals surface area contributed by atoms with Gasteiger partial charge in [0.2, 0.25) is 11.8 Å². The first kappa shape index (κ1) is 19.2. The number of carbonyl (C=O) groups excluding carboxylic acids is 3. The Balaban J connectivity index is 4.40. The number of nitrogens with zero attached hydrogens (tertiary/aromatic N) is 2. The second-order valence-corrected chi connectivity index (χ2v) is 5.11. The molecule has 0 atom stereocenters. The second-order valence-electron chi connectivity index (χ2n) is 5.11. The molecule has 7 nitrogen and oxygen atoms in total. The van der Waals surface area contributed by atoms with Gasteiger partial charge in [-0.1, -0.05) is 20.4 Å². The number of allylic oxidation sites excluding steroid dienone is 1. The van der Waals surface area contributed by atoms with Crippen molar-refractivity contribution < 1.29 is 15.8 Å². The Morgan fingerprint density at radius 2 is 1.83 bits per heavy atom. The van der Waals surface area contributed by atoms with E-state index in [-0.39, 0.29) is 24.9 Å². The molecule has 0 aliphatic rings.